The molecule has 4 bridgehead atoms. The molecule has 15 heteroatoms. The van der Waals surface area contributed by atoms with Crippen LogP contribution in [0.3, 0.4) is 0 Å². The minimum Gasteiger partial charge on any atom is -0.375 e. The van der Waals surface area contributed by atoms with E-state index in [9.17, 15) is 28.8 Å². The molecule has 3 aliphatic heterocycles. The quantitative estimate of drug-likeness (QED) is 0.151. The molecule has 3 aromatic carbocycles. The largest absolute Gasteiger partial charge is 0.412 e. The Kier molecular flexibility index (Phi) is 10.7. The van der Waals surface area contributed by atoms with Crippen LogP contribution in [0.4, 0.5) is 15.3 Å². The molecule has 5 unspecified atom stereocenters. The molecule has 0 saturated carbocycles. The maximum absolute atomic E-state index is 14.7. The normalized spacial score (nSPS) is 28.7. The summed E-state index contributed by atoms with van der Waals surface area (Å²) in [6.45, 7) is 8.47. The van der Waals surface area contributed by atoms with Crippen molar-refractivity contribution in [2.24, 2.45) is 22.9 Å². The number of amides is 4. The summed E-state index contributed by atoms with van der Waals surface area (Å²) in [5.41, 5.74) is 22.4. The zero-order chi connectivity index (χ0) is 44.5. The van der Waals surface area contributed by atoms with Crippen molar-refractivity contribution in [3.05, 3.63) is 101 Å². The lowest BCUT2D eigenvalue weighted by Crippen LogP contribution is -2.76. The molecule has 0 radical (unpaired) electrons. The molecule has 8 N–H and O–H groups in total. The first-order valence-corrected chi connectivity index (χ1v) is 21.7. The van der Waals surface area contributed by atoms with Gasteiger partial charge in [-0.25, -0.2) is 19.2 Å². The summed E-state index contributed by atoms with van der Waals surface area (Å²) in [7, 11) is 0. The lowest BCUT2D eigenvalue weighted by atomic mass is 9.59. The topological polar surface area (TPSA) is 235 Å². The zero-order valence-corrected chi connectivity index (χ0v) is 35.8. The Bertz CT molecular complexity index is 2170. The third-order valence-electron chi connectivity index (χ3n) is 15.3. The van der Waals surface area contributed by atoms with Gasteiger partial charge in [-0.15, -0.1) is 0 Å². The lowest BCUT2D eigenvalue weighted by Gasteiger charge is -2.55. The molecule has 10 rings (SSSR count). The Hall–Kier alpha value is -5.80. The second-order valence-electron chi connectivity index (χ2n) is 18.6. The number of hydrogen-bond acceptors (Lipinski definition) is 11. The molecular weight excluding hydrogens is 791 g/mol. The molecule has 3 fully saturated rings. The SMILES string of the molecule is CC(C)c1ccc(N2C(C3CCCN3[C@@](C(N)=O)(C(=O)OC(N)=O)C3(C)Cc4ccc3cc4)CC[C@H]2C2CCCN2[C@@](C(N)=O)(C(=O)OC(N)=O)C2(C)Cc3ccc2cc3)cc1. The van der Waals surface area contributed by atoms with E-state index in [4.69, 9.17) is 32.4 Å². The van der Waals surface area contributed by atoms with E-state index >= 15 is 0 Å². The van der Waals surface area contributed by atoms with Gasteiger partial charge in [-0.1, -0.05) is 88.4 Å². The minimum absolute atomic E-state index is 0.250. The first-order chi connectivity index (χ1) is 29.4. The van der Waals surface area contributed by atoms with Crippen LogP contribution in [0.15, 0.2) is 72.8 Å². The fraction of sp³-hybridized carbons (Fsp3) is 0.489. The van der Waals surface area contributed by atoms with Crippen molar-refractivity contribution < 1.29 is 38.2 Å². The van der Waals surface area contributed by atoms with Crippen molar-refractivity contribution >= 4 is 41.6 Å². The van der Waals surface area contributed by atoms with E-state index in [1.165, 1.54) is 0 Å². The summed E-state index contributed by atoms with van der Waals surface area (Å²) in [6.07, 6.45) is 1.42. The first kappa shape index (κ1) is 42.9. The number of anilines is 1. The van der Waals surface area contributed by atoms with Crippen molar-refractivity contribution in [2.45, 2.75) is 131 Å². The van der Waals surface area contributed by atoms with Gasteiger partial charge in [-0.3, -0.25) is 19.4 Å². The van der Waals surface area contributed by atoms with Gasteiger partial charge in [-0.05, 0) is 97.2 Å². The number of nitrogens with two attached hydrogens (primary N) is 4. The molecule has 0 aromatic heterocycles. The Morgan fingerprint density at radius 1 is 0.581 bits per heavy atom. The number of ether oxygens (including phenoxy) is 2. The number of benzene rings is 3. The molecule has 62 heavy (non-hydrogen) atoms. The number of hydrogen-bond donors (Lipinski definition) is 4. The fourth-order valence-electron chi connectivity index (χ4n) is 12.6. The summed E-state index contributed by atoms with van der Waals surface area (Å²) in [4.78, 5) is 89.0. The number of likely N-dealkylation sites (tertiary alicyclic amines) is 2. The molecule has 7 aliphatic rings. The number of primary amides is 4. The average Bonchev–Trinajstić information content (AvgIpc) is 3.99. The number of carbonyl (C=O) groups is 6. The van der Waals surface area contributed by atoms with Gasteiger partial charge in [0, 0.05) is 53.8 Å². The lowest BCUT2D eigenvalue weighted by molar-refractivity contribution is -0.167. The number of carbonyl (C=O) groups excluding carboxylic acids is 6. The third kappa shape index (κ3) is 6.21. The van der Waals surface area contributed by atoms with E-state index in [1.54, 1.807) is 0 Å². The Balaban J connectivity index is 1.27. The van der Waals surface area contributed by atoms with E-state index in [-0.39, 0.29) is 30.8 Å². The maximum atomic E-state index is 14.7. The molecule has 8 atom stereocenters. The van der Waals surface area contributed by atoms with Gasteiger partial charge >= 0.3 is 24.1 Å². The molecule has 0 spiro atoms. The Morgan fingerprint density at radius 2 is 0.968 bits per heavy atom. The number of fused-ring (bicyclic) bond motifs is 6. The van der Waals surface area contributed by atoms with Gasteiger partial charge in [0.2, 0.25) is 11.1 Å². The first-order valence-electron chi connectivity index (χ1n) is 21.7. The number of nitrogens with zero attached hydrogens (tertiary/aromatic N) is 3. The molecule has 3 aromatic rings. The van der Waals surface area contributed by atoms with Gasteiger partial charge in [0.25, 0.3) is 11.8 Å². The Morgan fingerprint density at radius 3 is 1.27 bits per heavy atom. The predicted molar refractivity (Wildman–Crippen MR) is 229 cm³/mol. The molecule has 15 nitrogen and oxygen atoms in total. The monoisotopic (exact) mass is 847 g/mol. The summed E-state index contributed by atoms with van der Waals surface area (Å²) in [5, 5.41) is 0. The maximum Gasteiger partial charge on any atom is 0.412 e. The van der Waals surface area contributed by atoms with Gasteiger partial charge in [-0.2, -0.15) is 0 Å². The van der Waals surface area contributed by atoms with Crippen LogP contribution in [0.25, 0.3) is 0 Å². The van der Waals surface area contributed by atoms with Gasteiger partial charge in [0.05, 0.1) is 0 Å². The van der Waals surface area contributed by atoms with Crippen LogP contribution in [0, 0.1) is 0 Å². The van der Waals surface area contributed by atoms with Crippen molar-refractivity contribution in [1.82, 2.24) is 9.80 Å². The Labute approximate surface area is 361 Å². The van der Waals surface area contributed by atoms with Crippen molar-refractivity contribution in [3.8, 4) is 0 Å². The summed E-state index contributed by atoms with van der Waals surface area (Å²) in [5.74, 6) is -3.88. The third-order valence-corrected chi connectivity index (χ3v) is 15.3. The van der Waals surface area contributed by atoms with Crippen LogP contribution in [0.2, 0.25) is 0 Å². The highest BCUT2D eigenvalue weighted by Crippen LogP contribution is 2.53. The second-order valence-corrected chi connectivity index (χ2v) is 18.6. The van der Waals surface area contributed by atoms with Crippen LogP contribution in [0.1, 0.15) is 100.0 Å². The smallest absolute Gasteiger partial charge is 0.375 e. The van der Waals surface area contributed by atoms with E-state index in [2.05, 4.69) is 43.0 Å². The second kappa shape index (κ2) is 15.5. The van der Waals surface area contributed by atoms with E-state index in [0.717, 1.165) is 22.4 Å². The average molecular weight is 848 g/mol. The molecular formula is C47H57N7O8. The van der Waals surface area contributed by atoms with Crippen molar-refractivity contribution in [2.75, 3.05) is 18.0 Å². The van der Waals surface area contributed by atoms with Crippen LogP contribution in [-0.4, -0.2) is 94.1 Å². The number of esters is 2. The van der Waals surface area contributed by atoms with Crippen LogP contribution >= 0.6 is 0 Å². The minimum atomic E-state index is -2.14. The summed E-state index contributed by atoms with van der Waals surface area (Å²) < 4.78 is 10.4. The van der Waals surface area contributed by atoms with E-state index in [0.29, 0.717) is 62.7 Å². The molecule has 3 saturated heterocycles. The van der Waals surface area contributed by atoms with Crippen molar-refractivity contribution in [3.63, 3.8) is 0 Å². The molecule has 4 aliphatic carbocycles. The molecule has 3 heterocycles. The standard InChI is InChI=1S/C47H57N7O8/c1-27(2)30-13-19-33(20-14-30)54-36(34-7-5-23-52(34)46(38(48)55,40(57)61-42(50)59)44(3)25-28-9-15-31(44)16-10-28)21-22-37(54)35-8-6-24-53(35)47(39(49)56,41(58)62-43(51)60)45(4)26-29-11-17-32(45)18-12-29/h9-20,27,34-37H,5-8,21-26H2,1-4H3,(H2,48,55)(H2,49,56)(H2,50,59)(H2,51,60)/t34?,35?,36-,37?,44?,45?,46-,47-/m0/s1. The van der Waals surface area contributed by atoms with Gasteiger partial charge in [0.15, 0.2) is 0 Å². The highest BCUT2D eigenvalue weighted by molar-refractivity contribution is 6.12. The van der Waals surface area contributed by atoms with Crippen LogP contribution < -0.4 is 27.8 Å². The highest BCUT2D eigenvalue weighted by atomic mass is 16.6. The molecule has 4 amide bonds. The van der Waals surface area contributed by atoms with Crippen molar-refractivity contribution in [1.29, 1.82) is 0 Å². The zero-order valence-electron chi connectivity index (χ0n) is 35.8. The van der Waals surface area contributed by atoms with E-state index < -0.39 is 69.9 Å². The van der Waals surface area contributed by atoms with Crippen LogP contribution in [-0.2, 0) is 52.3 Å². The predicted octanol–water partition coefficient (Wildman–Crippen LogP) is 3.80. The van der Waals surface area contributed by atoms with Crippen LogP contribution in [0.5, 0.6) is 0 Å². The summed E-state index contributed by atoms with van der Waals surface area (Å²) in [6, 6.07) is 21.9. The number of rotatable bonds is 12. The summed E-state index contributed by atoms with van der Waals surface area (Å²) >= 11 is 0. The van der Waals surface area contributed by atoms with Gasteiger partial charge < -0.3 is 37.3 Å². The van der Waals surface area contributed by atoms with E-state index in [1.807, 2.05) is 72.2 Å². The molecule has 328 valence electrons. The highest BCUT2D eigenvalue weighted by Gasteiger charge is 2.70. The van der Waals surface area contributed by atoms with Gasteiger partial charge in [0.1, 0.15) is 0 Å². The fourth-order valence-corrected chi connectivity index (χ4v) is 12.6.